The summed E-state index contributed by atoms with van der Waals surface area (Å²) in [6.07, 6.45) is 0. The van der Waals surface area contributed by atoms with Crippen LogP contribution >= 0.6 is 0 Å². The van der Waals surface area contributed by atoms with Gasteiger partial charge in [0.05, 0.1) is 17.7 Å². The number of benzene rings is 2. The van der Waals surface area contributed by atoms with Crippen molar-refractivity contribution in [2.45, 2.75) is 20.8 Å². The zero-order chi connectivity index (χ0) is 18.8. The maximum absolute atomic E-state index is 12.3. The molecule has 0 saturated heterocycles. The number of rotatable bonds is 4. The molecule has 0 unspecified atom stereocenters. The SMILES string of the molecule is CCOC(=O)c1c(C)n(C)c2ccc(OC(=O)c3ccc(C)cc3)cc12. The number of aromatic nitrogens is 1. The maximum atomic E-state index is 12.3. The van der Waals surface area contributed by atoms with Gasteiger partial charge in [-0.2, -0.15) is 0 Å². The van der Waals surface area contributed by atoms with Crippen LogP contribution in [0, 0.1) is 13.8 Å². The molecule has 0 atom stereocenters. The van der Waals surface area contributed by atoms with E-state index in [0.29, 0.717) is 28.9 Å². The van der Waals surface area contributed by atoms with Crippen molar-refractivity contribution in [3.05, 3.63) is 64.8 Å². The molecule has 0 N–H and O–H groups in total. The predicted molar refractivity (Wildman–Crippen MR) is 99.8 cm³/mol. The number of fused-ring (bicyclic) bond motifs is 1. The Morgan fingerprint density at radius 3 is 2.35 bits per heavy atom. The average molecular weight is 351 g/mol. The second-order valence-corrected chi connectivity index (χ2v) is 6.17. The Kier molecular flexibility index (Phi) is 4.80. The van der Waals surface area contributed by atoms with Gasteiger partial charge >= 0.3 is 11.9 Å². The van der Waals surface area contributed by atoms with Crippen LogP contribution < -0.4 is 4.74 Å². The average Bonchev–Trinajstić information content (AvgIpc) is 2.86. The van der Waals surface area contributed by atoms with Crippen LogP contribution in [-0.4, -0.2) is 23.1 Å². The van der Waals surface area contributed by atoms with Crippen LogP contribution in [0.15, 0.2) is 42.5 Å². The van der Waals surface area contributed by atoms with Crippen molar-refractivity contribution in [2.75, 3.05) is 6.61 Å². The van der Waals surface area contributed by atoms with Crippen LogP contribution in [-0.2, 0) is 11.8 Å². The fourth-order valence-electron chi connectivity index (χ4n) is 2.93. The lowest BCUT2D eigenvalue weighted by atomic mass is 10.1. The van der Waals surface area contributed by atoms with Crippen molar-refractivity contribution in [3.63, 3.8) is 0 Å². The van der Waals surface area contributed by atoms with Crippen LogP contribution in [0.5, 0.6) is 5.75 Å². The molecular weight excluding hydrogens is 330 g/mol. The first-order valence-corrected chi connectivity index (χ1v) is 8.47. The van der Waals surface area contributed by atoms with E-state index in [0.717, 1.165) is 16.8 Å². The van der Waals surface area contributed by atoms with Crippen LogP contribution in [0.2, 0.25) is 0 Å². The summed E-state index contributed by atoms with van der Waals surface area (Å²) in [5.74, 6) is -0.425. The Balaban J connectivity index is 1.98. The molecule has 0 amide bonds. The summed E-state index contributed by atoms with van der Waals surface area (Å²) in [6, 6.07) is 12.4. The molecule has 0 aliphatic heterocycles. The summed E-state index contributed by atoms with van der Waals surface area (Å²) >= 11 is 0. The monoisotopic (exact) mass is 351 g/mol. The Labute approximate surface area is 152 Å². The molecule has 0 radical (unpaired) electrons. The standard InChI is InChI=1S/C21H21NO4/c1-5-25-21(24)19-14(3)22(4)18-11-10-16(12-17(18)19)26-20(23)15-8-6-13(2)7-9-15/h6-12H,5H2,1-4H3. The normalized spacial score (nSPS) is 10.8. The molecule has 3 aromatic rings. The van der Waals surface area contributed by atoms with Gasteiger partial charge in [-0.3, -0.25) is 0 Å². The summed E-state index contributed by atoms with van der Waals surface area (Å²) in [4.78, 5) is 24.7. The summed E-state index contributed by atoms with van der Waals surface area (Å²) in [7, 11) is 1.89. The molecule has 1 aromatic heterocycles. The topological polar surface area (TPSA) is 57.5 Å². The highest BCUT2D eigenvalue weighted by molar-refractivity contribution is 6.06. The molecule has 0 fully saturated rings. The van der Waals surface area contributed by atoms with E-state index < -0.39 is 5.97 Å². The van der Waals surface area contributed by atoms with E-state index in [1.165, 1.54) is 0 Å². The molecule has 0 aliphatic carbocycles. The Morgan fingerprint density at radius 2 is 1.69 bits per heavy atom. The zero-order valence-corrected chi connectivity index (χ0v) is 15.3. The van der Waals surface area contributed by atoms with Crippen molar-refractivity contribution in [1.82, 2.24) is 4.57 Å². The molecular formula is C21H21NO4. The van der Waals surface area contributed by atoms with Gasteiger partial charge < -0.3 is 14.0 Å². The molecule has 3 rings (SSSR count). The van der Waals surface area contributed by atoms with Crippen molar-refractivity contribution in [2.24, 2.45) is 7.05 Å². The number of aryl methyl sites for hydroxylation is 2. The van der Waals surface area contributed by atoms with Gasteiger partial charge in [-0.05, 0) is 51.1 Å². The lowest BCUT2D eigenvalue weighted by Gasteiger charge is -2.06. The van der Waals surface area contributed by atoms with Crippen molar-refractivity contribution < 1.29 is 19.1 Å². The largest absolute Gasteiger partial charge is 0.462 e. The van der Waals surface area contributed by atoms with Gasteiger partial charge in [0.1, 0.15) is 5.75 Å². The Hall–Kier alpha value is -3.08. The highest BCUT2D eigenvalue weighted by Gasteiger charge is 2.20. The first kappa shape index (κ1) is 17.7. The minimum atomic E-state index is -0.435. The first-order chi connectivity index (χ1) is 12.4. The van der Waals surface area contributed by atoms with Crippen LogP contribution in [0.25, 0.3) is 10.9 Å². The predicted octanol–water partition coefficient (Wildman–Crippen LogP) is 4.19. The number of esters is 2. The maximum Gasteiger partial charge on any atom is 0.343 e. The molecule has 0 saturated carbocycles. The van der Waals surface area contributed by atoms with E-state index in [1.807, 2.05) is 43.7 Å². The lowest BCUT2D eigenvalue weighted by Crippen LogP contribution is -2.08. The highest BCUT2D eigenvalue weighted by Crippen LogP contribution is 2.29. The number of nitrogens with zero attached hydrogens (tertiary/aromatic N) is 1. The quantitative estimate of drug-likeness (QED) is 0.522. The summed E-state index contributed by atoms with van der Waals surface area (Å²) < 4.78 is 12.6. The summed E-state index contributed by atoms with van der Waals surface area (Å²) in [5, 5.41) is 0.706. The van der Waals surface area contributed by atoms with E-state index in [1.54, 1.807) is 31.2 Å². The molecule has 26 heavy (non-hydrogen) atoms. The molecule has 5 nitrogen and oxygen atoms in total. The fraction of sp³-hybridized carbons (Fsp3) is 0.238. The molecule has 134 valence electrons. The number of carbonyl (C=O) groups is 2. The number of hydrogen-bond acceptors (Lipinski definition) is 4. The van der Waals surface area contributed by atoms with Crippen LogP contribution in [0.3, 0.4) is 0 Å². The van der Waals surface area contributed by atoms with Crippen molar-refractivity contribution >= 4 is 22.8 Å². The van der Waals surface area contributed by atoms with Gasteiger partial charge in [0.15, 0.2) is 0 Å². The third-order valence-corrected chi connectivity index (χ3v) is 4.44. The van der Waals surface area contributed by atoms with Crippen LogP contribution in [0.4, 0.5) is 0 Å². The lowest BCUT2D eigenvalue weighted by molar-refractivity contribution is 0.0527. The second kappa shape index (κ2) is 7.04. The first-order valence-electron chi connectivity index (χ1n) is 8.47. The van der Waals surface area contributed by atoms with E-state index >= 15 is 0 Å². The number of carbonyl (C=O) groups excluding carboxylic acids is 2. The fourth-order valence-corrected chi connectivity index (χ4v) is 2.93. The molecule has 5 heteroatoms. The molecule has 0 spiro atoms. The van der Waals surface area contributed by atoms with Crippen LogP contribution in [0.1, 0.15) is 38.9 Å². The number of ether oxygens (including phenoxy) is 2. The van der Waals surface area contributed by atoms with Gasteiger partial charge in [0.2, 0.25) is 0 Å². The molecule has 0 aliphatic rings. The summed E-state index contributed by atoms with van der Waals surface area (Å²) in [6.45, 7) is 5.89. The van der Waals surface area contributed by atoms with Gasteiger partial charge in [0.25, 0.3) is 0 Å². The highest BCUT2D eigenvalue weighted by atomic mass is 16.5. The van der Waals surface area contributed by atoms with Crippen molar-refractivity contribution in [3.8, 4) is 5.75 Å². The molecule has 0 bridgehead atoms. The third-order valence-electron chi connectivity index (χ3n) is 4.44. The van der Waals surface area contributed by atoms with E-state index in [2.05, 4.69) is 0 Å². The minimum absolute atomic E-state index is 0.302. The van der Waals surface area contributed by atoms with Gasteiger partial charge in [-0.1, -0.05) is 17.7 Å². The molecule has 1 heterocycles. The van der Waals surface area contributed by atoms with Crippen molar-refractivity contribution in [1.29, 1.82) is 0 Å². The van der Waals surface area contributed by atoms with Gasteiger partial charge in [-0.15, -0.1) is 0 Å². The smallest absolute Gasteiger partial charge is 0.343 e. The van der Waals surface area contributed by atoms with Gasteiger partial charge in [0, 0.05) is 23.6 Å². The summed E-state index contributed by atoms with van der Waals surface area (Å²) in [5.41, 5.74) is 3.73. The van der Waals surface area contributed by atoms with E-state index in [-0.39, 0.29) is 5.97 Å². The van der Waals surface area contributed by atoms with E-state index in [4.69, 9.17) is 9.47 Å². The second-order valence-electron chi connectivity index (χ2n) is 6.17. The third kappa shape index (κ3) is 3.20. The Bertz CT molecular complexity index is 983. The van der Waals surface area contributed by atoms with E-state index in [9.17, 15) is 9.59 Å². The Morgan fingerprint density at radius 1 is 1.00 bits per heavy atom. The molecule has 2 aromatic carbocycles. The number of hydrogen-bond donors (Lipinski definition) is 0. The minimum Gasteiger partial charge on any atom is -0.462 e. The van der Waals surface area contributed by atoms with Gasteiger partial charge in [-0.25, -0.2) is 9.59 Å². The zero-order valence-electron chi connectivity index (χ0n) is 15.3.